The van der Waals surface area contributed by atoms with Crippen LogP contribution in [0.2, 0.25) is 5.02 Å². The van der Waals surface area contributed by atoms with Gasteiger partial charge in [-0.3, -0.25) is 19.9 Å². The molecule has 0 bridgehead atoms. The fraction of sp³-hybridized carbons (Fsp3) is 0.278. The molecule has 1 unspecified atom stereocenters. The lowest BCUT2D eigenvalue weighted by atomic mass is 9.71. The van der Waals surface area contributed by atoms with Gasteiger partial charge in [0.2, 0.25) is 11.8 Å². The van der Waals surface area contributed by atoms with Gasteiger partial charge in [0.05, 0.1) is 23.4 Å². The Labute approximate surface area is 157 Å². The van der Waals surface area contributed by atoms with Crippen molar-refractivity contribution in [3.8, 4) is 5.75 Å². The van der Waals surface area contributed by atoms with Crippen molar-refractivity contribution in [3.63, 3.8) is 0 Å². The Kier molecular flexibility index (Phi) is 4.86. The fourth-order valence-corrected chi connectivity index (χ4v) is 3.46. The molecule has 2 heterocycles. The van der Waals surface area contributed by atoms with Crippen molar-refractivity contribution in [1.29, 1.82) is 0 Å². The van der Waals surface area contributed by atoms with Gasteiger partial charge in [-0.15, -0.1) is 0 Å². The van der Waals surface area contributed by atoms with E-state index in [1.165, 1.54) is 7.11 Å². The van der Waals surface area contributed by atoms with Crippen molar-refractivity contribution in [2.24, 2.45) is 0 Å². The molecule has 1 fully saturated rings. The van der Waals surface area contributed by atoms with E-state index in [0.717, 1.165) is 6.07 Å². The molecule has 1 N–H and O–H groups in total. The largest absolute Gasteiger partial charge is 0.497 e. The van der Waals surface area contributed by atoms with E-state index in [1.807, 2.05) is 0 Å². The second-order valence-corrected chi connectivity index (χ2v) is 6.47. The number of alkyl halides is 3. The molecule has 9 heteroatoms. The molecule has 0 spiro atoms. The molecule has 1 saturated heterocycles. The molecular weight excluding hydrogens is 385 g/mol. The summed E-state index contributed by atoms with van der Waals surface area (Å²) < 4.78 is 43.9. The summed E-state index contributed by atoms with van der Waals surface area (Å²) in [6, 6.07) is 7.16. The number of hydrogen-bond donors (Lipinski definition) is 1. The maximum atomic E-state index is 12.9. The van der Waals surface area contributed by atoms with Gasteiger partial charge >= 0.3 is 6.18 Å². The maximum absolute atomic E-state index is 12.9. The average molecular weight is 399 g/mol. The summed E-state index contributed by atoms with van der Waals surface area (Å²) in [7, 11) is 1.48. The van der Waals surface area contributed by atoms with Crippen LogP contribution in [0.4, 0.5) is 13.2 Å². The predicted octanol–water partition coefficient (Wildman–Crippen LogP) is 3.49. The highest BCUT2D eigenvalue weighted by molar-refractivity contribution is 6.32. The Morgan fingerprint density at radius 2 is 1.89 bits per heavy atom. The van der Waals surface area contributed by atoms with E-state index in [1.54, 1.807) is 24.3 Å². The van der Waals surface area contributed by atoms with Crippen molar-refractivity contribution in [2.45, 2.75) is 24.4 Å². The maximum Gasteiger partial charge on any atom is 0.417 e. The number of carbonyl (C=O) groups excluding carboxylic acids is 2. The highest BCUT2D eigenvalue weighted by Crippen LogP contribution is 2.43. The van der Waals surface area contributed by atoms with E-state index >= 15 is 0 Å². The number of ether oxygens (including phenoxy) is 1. The zero-order valence-corrected chi connectivity index (χ0v) is 14.8. The van der Waals surface area contributed by atoms with E-state index in [2.05, 4.69) is 10.3 Å². The Morgan fingerprint density at radius 1 is 1.22 bits per heavy atom. The van der Waals surface area contributed by atoms with E-state index in [4.69, 9.17) is 16.3 Å². The highest BCUT2D eigenvalue weighted by Gasteiger charge is 2.48. The first-order valence-electron chi connectivity index (χ1n) is 7.90. The van der Waals surface area contributed by atoms with Gasteiger partial charge < -0.3 is 4.74 Å². The first-order chi connectivity index (χ1) is 12.7. The molecule has 1 aromatic carbocycles. The first-order valence-corrected chi connectivity index (χ1v) is 8.28. The normalized spacial score (nSPS) is 20.3. The quantitative estimate of drug-likeness (QED) is 0.804. The lowest BCUT2D eigenvalue weighted by Gasteiger charge is -2.36. The first kappa shape index (κ1) is 19.2. The van der Waals surface area contributed by atoms with Crippen molar-refractivity contribution >= 4 is 23.4 Å². The smallest absolute Gasteiger partial charge is 0.417 e. The van der Waals surface area contributed by atoms with Crippen LogP contribution >= 0.6 is 11.6 Å². The zero-order chi connectivity index (χ0) is 19.8. The number of imide groups is 1. The van der Waals surface area contributed by atoms with Crippen LogP contribution in [0.5, 0.6) is 5.75 Å². The van der Waals surface area contributed by atoms with Gasteiger partial charge in [-0.05, 0) is 30.2 Å². The van der Waals surface area contributed by atoms with Crippen LogP contribution in [0.3, 0.4) is 0 Å². The third-order valence-electron chi connectivity index (χ3n) is 4.52. The van der Waals surface area contributed by atoms with Crippen LogP contribution in [-0.4, -0.2) is 23.9 Å². The van der Waals surface area contributed by atoms with E-state index in [9.17, 15) is 22.8 Å². The molecule has 2 aromatic rings. The second-order valence-electron chi connectivity index (χ2n) is 6.06. The van der Waals surface area contributed by atoms with Gasteiger partial charge in [0.15, 0.2) is 0 Å². The van der Waals surface area contributed by atoms with E-state index in [-0.39, 0.29) is 23.6 Å². The number of halogens is 4. The van der Waals surface area contributed by atoms with Crippen LogP contribution in [0.15, 0.2) is 36.5 Å². The molecule has 3 rings (SSSR count). The molecule has 0 saturated carbocycles. The minimum absolute atomic E-state index is 0.00317. The number of rotatable bonds is 3. The lowest BCUT2D eigenvalue weighted by Crippen LogP contribution is -2.52. The number of nitrogens with one attached hydrogen (secondary N) is 1. The lowest BCUT2D eigenvalue weighted by molar-refractivity contribution is -0.138. The van der Waals surface area contributed by atoms with Crippen LogP contribution in [0.1, 0.15) is 29.7 Å². The van der Waals surface area contributed by atoms with Crippen LogP contribution < -0.4 is 10.1 Å². The molecule has 5 nitrogen and oxygen atoms in total. The summed E-state index contributed by atoms with van der Waals surface area (Å²) in [4.78, 5) is 28.4. The zero-order valence-electron chi connectivity index (χ0n) is 14.1. The van der Waals surface area contributed by atoms with Gasteiger partial charge in [-0.25, -0.2) is 0 Å². The van der Waals surface area contributed by atoms with Crippen LogP contribution in [0.25, 0.3) is 0 Å². The van der Waals surface area contributed by atoms with Gasteiger partial charge in [0.25, 0.3) is 0 Å². The summed E-state index contributed by atoms with van der Waals surface area (Å²) >= 11 is 6.12. The van der Waals surface area contributed by atoms with Crippen molar-refractivity contribution in [1.82, 2.24) is 10.3 Å². The van der Waals surface area contributed by atoms with E-state index in [0.29, 0.717) is 17.5 Å². The monoisotopic (exact) mass is 398 g/mol. The number of nitrogens with zero attached hydrogens (tertiary/aromatic N) is 1. The summed E-state index contributed by atoms with van der Waals surface area (Å²) in [5.74, 6) is -0.613. The topological polar surface area (TPSA) is 68.3 Å². The predicted molar refractivity (Wildman–Crippen MR) is 90.4 cm³/mol. The molecule has 1 aliphatic heterocycles. The molecule has 1 aromatic heterocycles. The second kappa shape index (κ2) is 6.84. The Balaban J connectivity index is 2.19. The fourth-order valence-electron chi connectivity index (χ4n) is 3.13. The number of pyridine rings is 1. The number of carbonyl (C=O) groups is 2. The number of benzene rings is 1. The number of piperidine rings is 1. The molecule has 27 heavy (non-hydrogen) atoms. The molecule has 0 radical (unpaired) electrons. The molecule has 0 aliphatic carbocycles. The van der Waals surface area contributed by atoms with Crippen molar-refractivity contribution < 1.29 is 27.5 Å². The number of hydrogen-bond acceptors (Lipinski definition) is 4. The Hall–Kier alpha value is -2.61. The molecule has 2 amide bonds. The molecular formula is C18H14ClF3N2O3. The summed E-state index contributed by atoms with van der Waals surface area (Å²) in [6.45, 7) is 0. The summed E-state index contributed by atoms with van der Waals surface area (Å²) in [6.07, 6.45) is -3.96. The van der Waals surface area contributed by atoms with Crippen LogP contribution in [0, 0.1) is 0 Å². The number of amides is 2. The SMILES string of the molecule is COc1ccc(C2(c3ncc(C(F)(F)F)cc3Cl)CCC(=O)NC2=O)cc1. The third-order valence-corrected chi connectivity index (χ3v) is 4.81. The average Bonchev–Trinajstić information content (AvgIpc) is 2.62. The van der Waals surface area contributed by atoms with Gasteiger partial charge in [0, 0.05) is 12.6 Å². The standard InChI is InChI=1S/C18H14ClF3N2O3/c1-27-12-4-2-10(3-5-12)17(7-6-14(25)24-16(17)26)15-13(19)8-11(9-23-15)18(20,21)22/h2-5,8-9H,6-7H2,1H3,(H,24,25,26). The van der Waals surface area contributed by atoms with Crippen molar-refractivity contribution in [3.05, 3.63) is 58.4 Å². The Morgan fingerprint density at radius 3 is 2.41 bits per heavy atom. The minimum atomic E-state index is -4.62. The Bertz CT molecular complexity index is 900. The number of aromatic nitrogens is 1. The van der Waals surface area contributed by atoms with E-state index < -0.39 is 29.0 Å². The molecule has 142 valence electrons. The summed E-state index contributed by atoms with van der Waals surface area (Å²) in [5.41, 5.74) is -2.09. The highest BCUT2D eigenvalue weighted by atomic mass is 35.5. The van der Waals surface area contributed by atoms with Gasteiger partial charge in [-0.1, -0.05) is 23.7 Å². The molecule has 1 aliphatic rings. The number of methoxy groups -OCH3 is 1. The van der Waals surface area contributed by atoms with Crippen molar-refractivity contribution in [2.75, 3.05) is 7.11 Å². The minimum Gasteiger partial charge on any atom is -0.497 e. The van der Waals surface area contributed by atoms with Gasteiger partial charge in [0.1, 0.15) is 11.2 Å². The van der Waals surface area contributed by atoms with Crippen LogP contribution in [-0.2, 0) is 21.2 Å². The summed E-state index contributed by atoms with van der Waals surface area (Å²) in [5, 5.41) is 1.94. The molecule has 1 atom stereocenters. The van der Waals surface area contributed by atoms with Gasteiger partial charge in [-0.2, -0.15) is 13.2 Å². The third kappa shape index (κ3) is 3.37.